The number of phenolic OH excluding ortho intramolecular Hbond substituents is 2. The van der Waals surface area contributed by atoms with Gasteiger partial charge in [-0.05, 0) is 41.8 Å². The summed E-state index contributed by atoms with van der Waals surface area (Å²) < 4.78 is 0. The summed E-state index contributed by atoms with van der Waals surface area (Å²) in [6.07, 6.45) is 0.388. The van der Waals surface area contributed by atoms with Crippen molar-refractivity contribution in [1.29, 1.82) is 0 Å². The molecule has 2 amide bonds. The molecule has 24 heavy (non-hydrogen) atoms. The number of carbonyl (C=O) groups excluding carboxylic acids is 2. The highest BCUT2D eigenvalue weighted by Gasteiger charge is 2.26. The zero-order valence-corrected chi connectivity index (χ0v) is 13.3. The lowest BCUT2D eigenvalue weighted by molar-refractivity contribution is -0.127. The predicted molar refractivity (Wildman–Crippen MR) is 89.5 cm³/mol. The number of rotatable bonds is 6. The van der Waals surface area contributed by atoms with E-state index >= 15 is 0 Å². The van der Waals surface area contributed by atoms with Gasteiger partial charge in [0.1, 0.15) is 17.5 Å². The minimum Gasteiger partial charge on any atom is -0.508 e. The average Bonchev–Trinajstić information content (AvgIpc) is 2.56. The maximum absolute atomic E-state index is 12.7. The zero-order chi connectivity index (χ0) is 17.7. The molecule has 0 spiro atoms. The molecule has 1 unspecified atom stereocenters. The molecule has 0 saturated heterocycles. The van der Waals surface area contributed by atoms with Gasteiger partial charge in [-0.2, -0.15) is 0 Å². The molecular formula is C18H20N2O4. The van der Waals surface area contributed by atoms with E-state index in [2.05, 4.69) is 5.32 Å². The normalized spacial score (nSPS) is 11.9. The molecule has 6 nitrogen and oxygen atoms in total. The quantitative estimate of drug-likeness (QED) is 0.645. The van der Waals surface area contributed by atoms with Gasteiger partial charge >= 0.3 is 0 Å². The molecule has 6 heteroatoms. The van der Waals surface area contributed by atoms with Gasteiger partial charge in [-0.3, -0.25) is 9.59 Å². The zero-order valence-electron chi connectivity index (χ0n) is 13.3. The van der Waals surface area contributed by atoms with Crippen molar-refractivity contribution in [2.45, 2.75) is 25.3 Å². The van der Waals surface area contributed by atoms with Crippen molar-refractivity contribution in [3.05, 3.63) is 59.7 Å². The Morgan fingerprint density at radius 1 is 0.958 bits per heavy atom. The fourth-order valence-electron chi connectivity index (χ4n) is 2.46. The Bertz CT molecular complexity index is 665. The van der Waals surface area contributed by atoms with Crippen LogP contribution in [0, 0.1) is 0 Å². The van der Waals surface area contributed by atoms with Crippen LogP contribution in [0.4, 0.5) is 0 Å². The van der Waals surface area contributed by atoms with E-state index in [1.54, 1.807) is 31.2 Å². The molecule has 0 aliphatic carbocycles. The first-order valence-electron chi connectivity index (χ1n) is 7.60. The fraction of sp³-hybridized carbons (Fsp3) is 0.222. The van der Waals surface area contributed by atoms with Crippen LogP contribution in [0.3, 0.4) is 0 Å². The van der Waals surface area contributed by atoms with Crippen LogP contribution in [0.25, 0.3) is 0 Å². The second-order valence-corrected chi connectivity index (χ2v) is 5.49. The fourth-order valence-corrected chi connectivity index (χ4v) is 2.46. The monoisotopic (exact) mass is 328 g/mol. The lowest BCUT2D eigenvalue weighted by atomic mass is 9.90. The summed E-state index contributed by atoms with van der Waals surface area (Å²) >= 11 is 0. The van der Waals surface area contributed by atoms with Gasteiger partial charge in [0.2, 0.25) is 11.8 Å². The number of amides is 2. The maximum Gasteiger partial charge on any atom is 0.239 e. The third-order valence-electron chi connectivity index (χ3n) is 3.78. The van der Waals surface area contributed by atoms with Crippen LogP contribution in [0.1, 0.15) is 30.4 Å². The Hall–Kier alpha value is -3.02. The minimum absolute atomic E-state index is 0.0900. The number of hydrogen-bond donors (Lipinski definition) is 4. The van der Waals surface area contributed by atoms with E-state index in [0.29, 0.717) is 17.5 Å². The molecule has 0 aliphatic heterocycles. The molecule has 0 aromatic heterocycles. The first-order chi connectivity index (χ1) is 11.4. The summed E-state index contributed by atoms with van der Waals surface area (Å²) in [6, 6.07) is 11.7. The smallest absolute Gasteiger partial charge is 0.239 e. The van der Waals surface area contributed by atoms with E-state index in [9.17, 15) is 19.8 Å². The average molecular weight is 328 g/mol. The Morgan fingerprint density at radius 2 is 1.38 bits per heavy atom. The molecule has 2 rings (SSSR count). The molecule has 0 heterocycles. The number of benzene rings is 2. The van der Waals surface area contributed by atoms with E-state index in [0.717, 1.165) is 0 Å². The van der Waals surface area contributed by atoms with Crippen LogP contribution in [-0.4, -0.2) is 28.1 Å². The standard InChI is InChI=1S/C18H20N2O4/c1-2-15(17(19)23)20-18(24)16(11-3-7-13(21)8-4-11)12-5-9-14(22)10-6-12/h3-10,15-16,21-22H,2H2,1H3,(H2,19,23)(H,20,24). The topological polar surface area (TPSA) is 113 Å². The van der Waals surface area contributed by atoms with Crippen LogP contribution in [-0.2, 0) is 9.59 Å². The molecule has 2 aromatic carbocycles. The summed E-state index contributed by atoms with van der Waals surface area (Å²) in [4.78, 5) is 24.1. The van der Waals surface area contributed by atoms with Gasteiger partial charge in [0.05, 0.1) is 5.92 Å². The highest BCUT2D eigenvalue weighted by molar-refractivity contribution is 5.92. The summed E-state index contributed by atoms with van der Waals surface area (Å²) in [5.74, 6) is -1.49. The summed E-state index contributed by atoms with van der Waals surface area (Å²) in [6.45, 7) is 1.76. The summed E-state index contributed by atoms with van der Waals surface area (Å²) in [5, 5.41) is 21.5. The van der Waals surface area contributed by atoms with E-state index in [4.69, 9.17) is 5.73 Å². The number of carbonyl (C=O) groups is 2. The van der Waals surface area contributed by atoms with E-state index in [1.165, 1.54) is 24.3 Å². The molecule has 0 radical (unpaired) electrons. The number of nitrogens with one attached hydrogen (secondary N) is 1. The molecule has 2 aromatic rings. The Balaban J connectivity index is 2.38. The van der Waals surface area contributed by atoms with Crippen LogP contribution < -0.4 is 11.1 Å². The summed E-state index contributed by atoms with van der Waals surface area (Å²) in [7, 11) is 0. The lowest BCUT2D eigenvalue weighted by Crippen LogP contribution is -2.45. The molecule has 0 aliphatic rings. The molecule has 126 valence electrons. The molecule has 0 bridgehead atoms. The third kappa shape index (κ3) is 4.04. The first kappa shape index (κ1) is 17.3. The minimum atomic E-state index is -0.755. The van der Waals surface area contributed by atoms with Crippen molar-refractivity contribution in [3.8, 4) is 11.5 Å². The molecule has 0 fully saturated rings. The van der Waals surface area contributed by atoms with Gasteiger partial charge in [0.25, 0.3) is 0 Å². The first-order valence-corrected chi connectivity index (χ1v) is 7.60. The number of nitrogens with two attached hydrogens (primary N) is 1. The van der Waals surface area contributed by atoms with Gasteiger partial charge in [0, 0.05) is 0 Å². The number of phenols is 2. The second-order valence-electron chi connectivity index (χ2n) is 5.49. The van der Waals surface area contributed by atoms with Gasteiger partial charge in [-0.1, -0.05) is 31.2 Å². The van der Waals surface area contributed by atoms with Gasteiger partial charge < -0.3 is 21.3 Å². The highest BCUT2D eigenvalue weighted by atomic mass is 16.3. The van der Waals surface area contributed by atoms with Crippen molar-refractivity contribution in [2.75, 3.05) is 0 Å². The van der Waals surface area contributed by atoms with Crippen LogP contribution in [0.5, 0.6) is 11.5 Å². The van der Waals surface area contributed by atoms with Gasteiger partial charge in [-0.25, -0.2) is 0 Å². The highest BCUT2D eigenvalue weighted by Crippen LogP contribution is 2.28. The van der Waals surface area contributed by atoms with Crippen molar-refractivity contribution >= 4 is 11.8 Å². The molecule has 5 N–H and O–H groups in total. The maximum atomic E-state index is 12.7. The number of aromatic hydroxyl groups is 2. The Kier molecular flexibility index (Phi) is 5.42. The van der Waals surface area contributed by atoms with Gasteiger partial charge in [-0.15, -0.1) is 0 Å². The number of primary amides is 1. The largest absolute Gasteiger partial charge is 0.508 e. The van der Waals surface area contributed by atoms with E-state index < -0.39 is 17.9 Å². The second kappa shape index (κ2) is 7.50. The summed E-state index contributed by atoms with van der Waals surface area (Å²) in [5.41, 5.74) is 6.59. The molecule has 1 atom stereocenters. The lowest BCUT2D eigenvalue weighted by Gasteiger charge is -2.21. The van der Waals surface area contributed by atoms with Crippen molar-refractivity contribution in [2.24, 2.45) is 5.73 Å². The van der Waals surface area contributed by atoms with E-state index in [1.807, 2.05) is 0 Å². The molecular weight excluding hydrogens is 308 g/mol. The Labute approximate surface area is 139 Å². The predicted octanol–water partition coefficient (Wildman–Crippen LogP) is 1.61. The van der Waals surface area contributed by atoms with Crippen molar-refractivity contribution < 1.29 is 19.8 Å². The van der Waals surface area contributed by atoms with E-state index in [-0.39, 0.29) is 17.4 Å². The van der Waals surface area contributed by atoms with Crippen LogP contribution in [0.2, 0.25) is 0 Å². The number of hydrogen-bond acceptors (Lipinski definition) is 4. The van der Waals surface area contributed by atoms with Crippen molar-refractivity contribution in [3.63, 3.8) is 0 Å². The Morgan fingerprint density at radius 3 is 1.71 bits per heavy atom. The SMILES string of the molecule is CCC(NC(=O)C(c1ccc(O)cc1)c1ccc(O)cc1)C(N)=O. The van der Waals surface area contributed by atoms with Crippen LogP contribution >= 0.6 is 0 Å². The van der Waals surface area contributed by atoms with Gasteiger partial charge in [0.15, 0.2) is 0 Å². The third-order valence-corrected chi connectivity index (χ3v) is 3.78. The van der Waals surface area contributed by atoms with Crippen LogP contribution in [0.15, 0.2) is 48.5 Å². The van der Waals surface area contributed by atoms with Crippen molar-refractivity contribution in [1.82, 2.24) is 5.32 Å². The molecule has 0 saturated carbocycles.